The lowest BCUT2D eigenvalue weighted by atomic mass is 9.88. The van der Waals surface area contributed by atoms with Gasteiger partial charge in [0.05, 0.1) is 17.4 Å². The lowest BCUT2D eigenvalue weighted by Crippen LogP contribution is -2.52. The third kappa shape index (κ3) is 11.6. The van der Waals surface area contributed by atoms with Gasteiger partial charge in [-0.15, -0.1) is 0 Å². The van der Waals surface area contributed by atoms with Crippen LogP contribution in [0.2, 0.25) is 0 Å². The molecule has 5 N–H and O–H groups in total. The van der Waals surface area contributed by atoms with Crippen LogP contribution in [0.4, 0.5) is 30.4 Å². The number of rotatable bonds is 14. The van der Waals surface area contributed by atoms with Gasteiger partial charge in [0, 0.05) is 44.0 Å². The van der Waals surface area contributed by atoms with E-state index in [1.807, 2.05) is 32.0 Å². The molecule has 0 spiro atoms. The molecule has 0 radical (unpaired) electrons. The Labute approximate surface area is 354 Å². The van der Waals surface area contributed by atoms with Gasteiger partial charge >= 0.3 is 6.18 Å². The van der Waals surface area contributed by atoms with Crippen molar-refractivity contribution in [3.63, 3.8) is 0 Å². The molecule has 12 nitrogen and oxygen atoms in total. The molecular formula is C46H55F3N8O4. The molecule has 2 aromatic heterocycles. The van der Waals surface area contributed by atoms with Crippen LogP contribution < -0.4 is 31.3 Å². The Morgan fingerprint density at radius 3 is 2.33 bits per heavy atom. The fraction of sp³-hybridized carbons (Fsp3) is 0.457. The number of hydrogen-bond acceptors (Lipinski definition) is 10. The fourth-order valence-corrected chi connectivity index (χ4v) is 8.55. The number of ether oxygens (including phenoxy) is 1. The van der Waals surface area contributed by atoms with Gasteiger partial charge in [-0.25, -0.2) is 9.97 Å². The van der Waals surface area contributed by atoms with Gasteiger partial charge in [0.2, 0.25) is 11.8 Å². The summed E-state index contributed by atoms with van der Waals surface area (Å²) in [5.74, 6) is 0.438. The van der Waals surface area contributed by atoms with Gasteiger partial charge < -0.3 is 30.9 Å². The first-order valence-corrected chi connectivity index (χ1v) is 21.3. The maximum absolute atomic E-state index is 14.1. The predicted octanol–water partition coefficient (Wildman–Crippen LogP) is 7.29. The Morgan fingerprint density at radius 2 is 1.66 bits per heavy atom. The Balaban J connectivity index is 0.852. The van der Waals surface area contributed by atoms with E-state index in [4.69, 9.17) is 10.5 Å². The van der Waals surface area contributed by atoms with Crippen molar-refractivity contribution < 1.29 is 32.3 Å². The van der Waals surface area contributed by atoms with Crippen molar-refractivity contribution in [2.45, 2.75) is 83.0 Å². The van der Waals surface area contributed by atoms with Crippen LogP contribution in [0.15, 0.2) is 79.1 Å². The molecule has 324 valence electrons. The van der Waals surface area contributed by atoms with Crippen molar-refractivity contribution in [3.8, 4) is 16.9 Å². The second-order valence-electron chi connectivity index (χ2n) is 17.0. The van der Waals surface area contributed by atoms with E-state index in [1.165, 1.54) is 11.6 Å². The number of anilines is 3. The summed E-state index contributed by atoms with van der Waals surface area (Å²) in [6.07, 6.45) is 4.15. The Hall–Kier alpha value is -5.54. The predicted molar refractivity (Wildman–Crippen MR) is 229 cm³/mol. The molecule has 61 heavy (non-hydrogen) atoms. The van der Waals surface area contributed by atoms with Crippen LogP contribution in [0.1, 0.15) is 86.3 Å². The molecule has 0 saturated carbocycles. The number of hydrogen-bond donors (Lipinski definition) is 4. The molecule has 5 heterocycles. The lowest BCUT2D eigenvalue weighted by molar-refractivity contribution is -0.139. The van der Waals surface area contributed by atoms with Crippen LogP contribution >= 0.6 is 0 Å². The molecule has 7 rings (SSSR count). The third-order valence-corrected chi connectivity index (χ3v) is 11.9. The van der Waals surface area contributed by atoms with Crippen LogP contribution in [-0.2, 0) is 15.8 Å². The topological polar surface area (TPSA) is 155 Å². The highest BCUT2D eigenvalue weighted by atomic mass is 19.4. The molecule has 0 bridgehead atoms. The summed E-state index contributed by atoms with van der Waals surface area (Å²) >= 11 is 0. The SMILES string of the molecule is CC(C)C[C@H](N)COc1ccc(-c2ccnc(Nc3ccc(C4CCN(CC5CCN(c6ccc(C(=O)N[C@H]7CCC(=O)NC7=O)nc6)CC5)CC4)cc3)c2)cc1C(F)(F)F. The normalized spacial score (nSPS) is 18.8. The zero-order valence-electron chi connectivity index (χ0n) is 34.7. The van der Waals surface area contributed by atoms with Gasteiger partial charge in [0.15, 0.2) is 0 Å². The van der Waals surface area contributed by atoms with E-state index in [0.29, 0.717) is 41.1 Å². The molecule has 3 amide bonds. The highest BCUT2D eigenvalue weighted by Crippen LogP contribution is 2.39. The zero-order valence-corrected chi connectivity index (χ0v) is 34.7. The van der Waals surface area contributed by atoms with Crippen molar-refractivity contribution in [2.75, 3.05) is 49.5 Å². The fourth-order valence-electron chi connectivity index (χ4n) is 8.55. The van der Waals surface area contributed by atoms with Crippen molar-refractivity contribution in [3.05, 3.63) is 95.9 Å². The molecule has 4 aromatic rings. The van der Waals surface area contributed by atoms with E-state index in [2.05, 4.69) is 47.9 Å². The number of amides is 3. The number of nitrogens with zero attached hydrogens (tertiary/aromatic N) is 4. The highest BCUT2D eigenvalue weighted by Gasteiger charge is 2.35. The lowest BCUT2D eigenvalue weighted by Gasteiger charge is -2.38. The number of benzene rings is 2. The third-order valence-electron chi connectivity index (χ3n) is 11.9. The molecule has 2 atom stereocenters. The maximum Gasteiger partial charge on any atom is 0.419 e. The van der Waals surface area contributed by atoms with Crippen LogP contribution in [0.3, 0.4) is 0 Å². The standard InChI is InChI=1S/C46H55F3N8O4/c1-29(2)23-35(50)28-61-41-11-5-33(24-38(41)46(47,48)49)34-13-18-51-42(25-34)53-36-6-3-31(4-7-36)32-16-19-56(20-17-32)27-30-14-21-57(22-15-30)37-8-9-39(52-26-37)44(59)54-40-10-12-43(58)55-45(40)60/h3-9,11,13,18,24-26,29-30,32,35,40H,10,12,14-17,19-23,27-28,50H2,1-2H3,(H,51,53)(H,54,59)(H,55,58,60)/t35-,40-/m0/s1. The Kier molecular flexibility index (Phi) is 13.9. The number of piperidine rings is 3. The summed E-state index contributed by atoms with van der Waals surface area (Å²) in [5, 5.41) is 8.24. The van der Waals surface area contributed by atoms with Crippen LogP contribution in [0.25, 0.3) is 11.1 Å². The number of pyridine rings is 2. The second kappa shape index (κ2) is 19.4. The number of likely N-dealkylation sites (tertiary alicyclic amines) is 1. The summed E-state index contributed by atoms with van der Waals surface area (Å²) in [6, 6.07) is 18.4. The summed E-state index contributed by atoms with van der Waals surface area (Å²) in [4.78, 5) is 49.8. The largest absolute Gasteiger partial charge is 0.491 e. The van der Waals surface area contributed by atoms with E-state index >= 15 is 0 Å². The van der Waals surface area contributed by atoms with Crippen molar-refractivity contribution in [1.82, 2.24) is 25.5 Å². The molecule has 3 fully saturated rings. The summed E-state index contributed by atoms with van der Waals surface area (Å²) in [6.45, 7) is 9.02. The van der Waals surface area contributed by atoms with Crippen molar-refractivity contribution in [1.29, 1.82) is 0 Å². The van der Waals surface area contributed by atoms with Gasteiger partial charge in [-0.1, -0.05) is 32.0 Å². The molecular weight excluding hydrogens is 786 g/mol. The minimum Gasteiger partial charge on any atom is -0.491 e. The van der Waals surface area contributed by atoms with E-state index in [-0.39, 0.29) is 42.8 Å². The number of aromatic nitrogens is 2. The number of carbonyl (C=O) groups is 3. The number of nitrogens with two attached hydrogens (primary N) is 1. The van der Waals surface area contributed by atoms with Gasteiger partial charge in [0.1, 0.15) is 29.9 Å². The van der Waals surface area contributed by atoms with E-state index in [0.717, 1.165) is 75.8 Å². The van der Waals surface area contributed by atoms with Crippen molar-refractivity contribution in [2.24, 2.45) is 17.6 Å². The van der Waals surface area contributed by atoms with Crippen LogP contribution in [0.5, 0.6) is 5.75 Å². The molecule has 15 heteroatoms. The van der Waals surface area contributed by atoms with Crippen LogP contribution in [-0.4, -0.2) is 84.0 Å². The Morgan fingerprint density at radius 1 is 0.918 bits per heavy atom. The molecule has 3 aliphatic heterocycles. The first kappa shape index (κ1) is 43.5. The number of imide groups is 1. The van der Waals surface area contributed by atoms with E-state index in [9.17, 15) is 27.6 Å². The monoisotopic (exact) mass is 840 g/mol. The minimum absolute atomic E-state index is 0.00488. The van der Waals surface area contributed by atoms with Gasteiger partial charge in [0.25, 0.3) is 5.91 Å². The van der Waals surface area contributed by atoms with Crippen LogP contribution in [0, 0.1) is 11.8 Å². The average molecular weight is 841 g/mol. The number of halogens is 3. The van der Waals surface area contributed by atoms with E-state index < -0.39 is 29.6 Å². The average Bonchev–Trinajstić information content (AvgIpc) is 3.24. The zero-order chi connectivity index (χ0) is 43.1. The number of carbonyl (C=O) groups excluding carboxylic acids is 3. The van der Waals surface area contributed by atoms with Gasteiger partial charge in [-0.05, 0) is 135 Å². The second-order valence-corrected chi connectivity index (χ2v) is 17.0. The maximum atomic E-state index is 14.1. The smallest absolute Gasteiger partial charge is 0.419 e. The first-order chi connectivity index (χ1) is 29.3. The summed E-state index contributed by atoms with van der Waals surface area (Å²) in [5.41, 5.74) is 9.57. The summed E-state index contributed by atoms with van der Waals surface area (Å²) in [7, 11) is 0. The van der Waals surface area contributed by atoms with E-state index in [1.54, 1.807) is 36.7 Å². The van der Waals surface area contributed by atoms with Gasteiger partial charge in [-0.3, -0.25) is 19.7 Å². The Bertz CT molecular complexity index is 2130. The summed E-state index contributed by atoms with van der Waals surface area (Å²) < 4.78 is 47.9. The quantitative estimate of drug-likeness (QED) is 0.0953. The van der Waals surface area contributed by atoms with Crippen molar-refractivity contribution >= 4 is 34.9 Å². The number of alkyl halides is 3. The molecule has 0 aliphatic carbocycles. The first-order valence-electron chi connectivity index (χ1n) is 21.3. The molecule has 3 aliphatic rings. The number of nitrogens with one attached hydrogen (secondary N) is 3. The molecule has 0 unspecified atom stereocenters. The molecule has 2 aromatic carbocycles. The highest BCUT2D eigenvalue weighted by molar-refractivity contribution is 6.03. The molecule has 3 saturated heterocycles. The minimum atomic E-state index is -4.60. The van der Waals surface area contributed by atoms with Gasteiger partial charge in [-0.2, -0.15) is 13.2 Å².